The zero-order chi connectivity index (χ0) is 26.0. The summed E-state index contributed by atoms with van der Waals surface area (Å²) < 4.78 is 23.1. The molecule has 186 valence electrons. The molecule has 1 heterocycles. The number of anilines is 1. The highest BCUT2D eigenvalue weighted by Crippen LogP contribution is 2.32. The van der Waals surface area contributed by atoms with Crippen molar-refractivity contribution < 1.29 is 22.8 Å². The molecule has 2 unspecified atom stereocenters. The zero-order valence-corrected chi connectivity index (χ0v) is 20.9. The van der Waals surface area contributed by atoms with Crippen LogP contribution in [-0.2, 0) is 30.8 Å². The van der Waals surface area contributed by atoms with Crippen molar-refractivity contribution in [1.29, 1.82) is 0 Å². The zero-order valence-electron chi connectivity index (χ0n) is 19.4. The van der Waals surface area contributed by atoms with Crippen molar-refractivity contribution in [2.75, 3.05) is 4.90 Å². The number of nitrogens with zero attached hydrogens (tertiary/aromatic N) is 2. The molecule has 10 heteroatoms. The fourth-order valence-corrected chi connectivity index (χ4v) is 4.95. The number of imide groups is 1. The number of carbonyl (C=O) groups is 3. The number of nitrogens with two attached hydrogens (primary N) is 1. The smallest absolute Gasteiger partial charge is 0.257 e. The number of benzene rings is 3. The highest BCUT2D eigenvalue weighted by molar-refractivity contribution is 7.89. The van der Waals surface area contributed by atoms with Gasteiger partial charge in [-0.25, -0.2) is 18.5 Å². The second-order valence-corrected chi connectivity index (χ2v) is 10.5. The van der Waals surface area contributed by atoms with Gasteiger partial charge in [-0.2, -0.15) is 0 Å². The highest BCUT2D eigenvalue weighted by Gasteiger charge is 2.46. The van der Waals surface area contributed by atoms with Crippen LogP contribution in [0.2, 0.25) is 5.02 Å². The SMILES string of the molecule is CC(c1ccccc1)N(C(=O)Cc1ccc(Cl)cc1)C1CC(=O)N(c2ccc(S(N)(=O)=O)cc2)C1=O. The van der Waals surface area contributed by atoms with Gasteiger partial charge >= 0.3 is 0 Å². The van der Waals surface area contributed by atoms with Gasteiger partial charge in [0.15, 0.2) is 0 Å². The Morgan fingerprint density at radius 2 is 1.64 bits per heavy atom. The maximum absolute atomic E-state index is 13.6. The first-order valence-corrected chi connectivity index (χ1v) is 13.1. The quantitative estimate of drug-likeness (QED) is 0.474. The van der Waals surface area contributed by atoms with Crippen LogP contribution in [0.4, 0.5) is 5.69 Å². The Bertz CT molecular complexity index is 1390. The van der Waals surface area contributed by atoms with E-state index in [0.717, 1.165) is 16.0 Å². The van der Waals surface area contributed by atoms with E-state index in [4.69, 9.17) is 16.7 Å². The van der Waals surface area contributed by atoms with Crippen LogP contribution in [0.25, 0.3) is 0 Å². The molecule has 0 radical (unpaired) electrons. The van der Waals surface area contributed by atoms with E-state index in [2.05, 4.69) is 0 Å². The van der Waals surface area contributed by atoms with E-state index >= 15 is 0 Å². The van der Waals surface area contributed by atoms with Crippen LogP contribution in [0.1, 0.15) is 30.5 Å². The number of rotatable bonds is 7. The van der Waals surface area contributed by atoms with E-state index in [1.165, 1.54) is 29.2 Å². The van der Waals surface area contributed by atoms with E-state index in [9.17, 15) is 22.8 Å². The molecule has 1 saturated heterocycles. The van der Waals surface area contributed by atoms with Crippen molar-refractivity contribution in [3.63, 3.8) is 0 Å². The first-order valence-electron chi connectivity index (χ1n) is 11.2. The summed E-state index contributed by atoms with van der Waals surface area (Å²) in [6.07, 6.45) is -0.172. The van der Waals surface area contributed by atoms with Crippen molar-refractivity contribution in [3.8, 4) is 0 Å². The average molecular weight is 526 g/mol. The number of sulfonamides is 1. The van der Waals surface area contributed by atoms with Crippen LogP contribution in [-0.4, -0.2) is 37.1 Å². The monoisotopic (exact) mass is 525 g/mol. The number of amides is 3. The third-order valence-electron chi connectivity index (χ3n) is 6.14. The van der Waals surface area contributed by atoms with E-state index in [1.807, 2.05) is 37.3 Å². The summed E-state index contributed by atoms with van der Waals surface area (Å²) in [4.78, 5) is 42.4. The molecule has 4 rings (SSSR count). The van der Waals surface area contributed by atoms with Crippen LogP contribution in [0.3, 0.4) is 0 Å². The molecule has 1 fully saturated rings. The summed E-state index contributed by atoms with van der Waals surface area (Å²) in [5.41, 5.74) is 1.75. The summed E-state index contributed by atoms with van der Waals surface area (Å²) in [6, 6.07) is 19.8. The molecule has 8 nitrogen and oxygen atoms in total. The lowest BCUT2D eigenvalue weighted by molar-refractivity contribution is -0.140. The molecule has 0 bridgehead atoms. The van der Waals surface area contributed by atoms with Crippen molar-refractivity contribution in [3.05, 3.63) is 95.0 Å². The molecule has 0 aromatic heterocycles. The first-order chi connectivity index (χ1) is 17.1. The third-order valence-corrected chi connectivity index (χ3v) is 7.32. The number of hydrogen-bond donors (Lipinski definition) is 1. The standard InChI is InChI=1S/C26H24ClN3O5S/c1-17(19-5-3-2-4-6-19)29(24(31)15-18-7-9-20(27)10-8-18)23-16-25(32)30(26(23)33)21-11-13-22(14-12-21)36(28,34)35/h2-14,17,23H,15-16H2,1H3,(H2,28,34,35). The van der Waals surface area contributed by atoms with Gasteiger partial charge in [-0.1, -0.05) is 54.1 Å². The van der Waals surface area contributed by atoms with Gasteiger partial charge in [0.05, 0.1) is 29.5 Å². The van der Waals surface area contributed by atoms with Crippen LogP contribution < -0.4 is 10.0 Å². The Hall–Kier alpha value is -3.53. The van der Waals surface area contributed by atoms with E-state index in [0.29, 0.717) is 5.02 Å². The lowest BCUT2D eigenvalue weighted by atomic mass is 10.0. The van der Waals surface area contributed by atoms with Gasteiger partial charge in [0.2, 0.25) is 21.8 Å². The van der Waals surface area contributed by atoms with Gasteiger partial charge in [0.1, 0.15) is 6.04 Å². The van der Waals surface area contributed by atoms with Crippen LogP contribution in [0, 0.1) is 0 Å². The van der Waals surface area contributed by atoms with Crippen molar-refractivity contribution in [2.24, 2.45) is 5.14 Å². The van der Waals surface area contributed by atoms with Crippen LogP contribution in [0.15, 0.2) is 83.8 Å². The normalized spacial score (nSPS) is 16.8. The molecular formula is C26H24ClN3O5S. The predicted molar refractivity (Wildman–Crippen MR) is 136 cm³/mol. The van der Waals surface area contributed by atoms with Gasteiger partial charge in [0, 0.05) is 5.02 Å². The van der Waals surface area contributed by atoms with Gasteiger partial charge in [-0.3, -0.25) is 14.4 Å². The second-order valence-electron chi connectivity index (χ2n) is 8.52. The topological polar surface area (TPSA) is 118 Å². The maximum Gasteiger partial charge on any atom is 0.257 e. The van der Waals surface area contributed by atoms with Gasteiger partial charge in [0.25, 0.3) is 5.91 Å². The van der Waals surface area contributed by atoms with E-state index in [1.54, 1.807) is 24.3 Å². The molecule has 2 N–H and O–H groups in total. The Balaban J connectivity index is 1.66. The molecule has 1 aliphatic rings. The Morgan fingerprint density at radius 1 is 1.03 bits per heavy atom. The van der Waals surface area contributed by atoms with Gasteiger partial charge in [-0.05, 0) is 54.4 Å². The first kappa shape index (κ1) is 25.6. The highest BCUT2D eigenvalue weighted by atomic mass is 35.5. The number of primary sulfonamides is 1. The molecule has 0 spiro atoms. The summed E-state index contributed by atoms with van der Waals surface area (Å²) in [5.74, 6) is -1.36. The molecule has 3 aromatic rings. The van der Waals surface area contributed by atoms with Crippen LogP contribution >= 0.6 is 11.6 Å². The molecule has 0 aliphatic carbocycles. The second kappa shape index (κ2) is 10.2. The fraction of sp³-hybridized carbons (Fsp3) is 0.192. The Labute approximate surface area is 214 Å². The van der Waals surface area contributed by atoms with E-state index in [-0.39, 0.29) is 29.3 Å². The predicted octanol–water partition coefficient (Wildman–Crippen LogP) is 3.45. The summed E-state index contributed by atoms with van der Waals surface area (Å²) >= 11 is 5.97. The summed E-state index contributed by atoms with van der Waals surface area (Å²) in [6.45, 7) is 1.82. The largest absolute Gasteiger partial charge is 0.323 e. The van der Waals surface area contributed by atoms with Crippen molar-refractivity contribution >= 4 is 45.0 Å². The summed E-state index contributed by atoms with van der Waals surface area (Å²) in [5, 5.41) is 5.69. The fourth-order valence-electron chi connectivity index (χ4n) is 4.31. The molecule has 36 heavy (non-hydrogen) atoms. The molecule has 3 amide bonds. The van der Waals surface area contributed by atoms with Gasteiger partial charge < -0.3 is 4.90 Å². The molecule has 3 aromatic carbocycles. The minimum atomic E-state index is -3.93. The summed E-state index contributed by atoms with van der Waals surface area (Å²) in [7, 11) is -3.93. The number of carbonyl (C=O) groups excluding carboxylic acids is 3. The minimum absolute atomic E-state index is 0.0232. The minimum Gasteiger partial charge on any atom is -0.323 e. The average Bonchev–Trinajstić information content (AvgIpc) is 3.14. The third kappa shape index (κ3) is 5.33. The number of halogens is 1. The molecule has 0 saturated carbocycles. The van der Waals surface area contributed by atoms with Crippen LogP contribution in [0.5, 0.6) is 0 Å². The maximum atomic E-state index is 13.6. The molecule has 1 aliphatic heterocycles. The van der Waals surface area contributed by atoms with Crippen molar-refractivity contribution in [2.45, 2.75) is 36.7 Å². The number of hydrogen-bond acceptors (Lipinski definition) is 5. The molecular weight excluding hydrogens is 502 g/mol. The Kier molecular flexibility index (Phi) is 7.26. The van der Waals surface area contributed by atoms with Gasteiger partial charge in [-0.15, -0.1) is 0 Å². The molecule has 2 atom stereocenters. The Morgan fingerprint density at radius 3 is 2.22 bits per heavy atom. The van der Waals surface area contributed by atoms with Crippen molar-refractivity contribution in [1.82, 2.24) is 4.90 Å². The lowest BCUT2D eigenvalue weighted by Gasteiger charge is -2.34. The lowest BCUT2D eigenvalue weighted by Crippen LogP contribution is -2.47. The van der Waals surface area contributed by atoms with E-state index < -0.39 is 33.9 Å².